The molecule has 3 aliphatic rings. The molecule has 1 aromatic carbocycles. The van der Waals surface area contributed by atoms with E-state index in [9.17, 15) is 4.79 Å². The fourth-order valence-electron chi connectivity index (χ4n) is 3.91. The van der Waals surface area contributed by atoms with Crippen molar-refractivity contribution >= 4 is 17.5 Å². The number of oxazole rings is 1. The molecule has 5 rings (SSSR count). The number of benzene rings is 1. The number of fused-ring (bicyclic) bond motifs is 3. The van der Waals surface area contributed by atoms with E-state index in [4.69, 9.17) is 16.0 Å². The van der Waals surface area contributed by atoms with E-state index < -0.39 is 0 Å². The van der Waals surface area contributed by atoms with Crippen LogP contribution in [0.15, 0.2) is 34.9 Å². The van der Waals surface area contributed by atoms with Crippen molar-refractivity contribution in [2.75, 3.05) is 13.1 Å². The molecule has 2 aromatic rings. The minimum Gasteiger partial charge on any atom is -0.432 e. The molecule has 126 valence electrons. The standard InChI is InChI=1S/C18H20ClN3O2/c1-11-16(12-5-7-22(11)8-6-12)21-17(23)18-20-10-15(24-18)13-3-2-4-14(19)9-13/h2-4,9-12,16H,5-8H2,1H3,(H,21,23). The average Bonchev–Trinajstić information content (AvgIpc) is 3.09. The van der Waals surface area contributed by atoms with Gasteiger partial charge in [-0.25, -0.2) is 4.98 Å². The van der Waals surface area contributed by atoms with E-state index in [0.717, 1.165) is 31.5 Å². The molecule has 3 aliphatic heterocycles. The molecule has 3 fully saturated rings. The molecule has 4 heterocycles. The molecule has 0 saturated carbocycles. The van der Waals surface area contributed by atoms with Gasteiger partial charge in [0.05, 0.1) is 6.20 Å². The van der Waals surface area contributed by atoms with Crippen LogP contribution in [0, 0.1) is 5.92 Å². The molecule has 1 amide bonds. The van der Waals surface area contributed by atoms with Crippen LogP contribution < -0.4 is 5.32 Å². The fraction of sp³-hybridized carbons (Fsp3) is 0.444. The maximum Gasteiger partial charge on any atom is 0.307 e. The smallest absolute Gasteiger partial charge is 0.307 e. The van der Waals surface area contributed by atoms with E-state index in [1.165, 1.54) is 0 Å². The van der Waals surface area contributed by atoms with Crippen molar-refractivity contribution in [3.63, 3.8) is 0 Å². The molecular formula is C18H20ClN3O2. The summed E-state index contributed by atoms with van der Waals surface area (Å²) >= 11 is 6.00. The van der Waals surface area contributed by atoms with Crippen molar-refractivity contribution in [2.24, 2.45) is 5.92 Å². The summed E-state index contributed by atoms with van der Waals surface area (Å²) in [5, 5.41) is 3.75. The molecule has 0 spiro atoms. The normalized spacial score (nSPS) is 28.8. The number of hydrogen-bond donors (Lipinski definition) is 1. The Labute approximate surface area is 146 Å². The largest absolute Gasteiger partial charge is 0.432 e. The number of aromatic nitrogens is 1. The minimum absolute atomic E-state index is 0.105. The van der Waals surface area contributed by atoms with Gasteiger partial charge in [-0.2, -0.15) is 0 Å². The third-order valence-electron chi connectivity index (χ3n) is 5.28. The van der Waals surface area contributed by atoms with E-state index in [0.29, 0.717) is 22.7 Å². The quantitative estimate of drug-likeness (QED) is 0.928. The molecule has 1 aromatic heterocycles. The summed E-state index contributed by atoms with van der Waals surface area (Å²) in [5.74, 6) is 0.962. The Morgan fingerprint density at radius 2 is 2.17 bits per heavy atom. The number of rotatable bonds is 3. The van der Waals surface area contributed by atoms with Gasteiger partial charge < -0.3 is 9.73 Å². The second-order valence-electron chi connectivity index (χ2n) is 6.65. The van der Waals surface area contributed by atoms with Gasteiger partial charge in [0, 0.05) is 22.7 Å². The van der Waals surface area contributed by atoms with Gasteiger partial charge in [-0.05, 0) is 50.9 Å². The van der Waals surface area contributed by atoms with Gasteiger partial charge in [0.15, 0.2) is 5.76 Å². The summed E-state index contributed by atoms with van der Waals surface area (Å²) in [4.78, 5) is 19.1. The topological polar surface area (TPSA) is 58.4 Å². The summed E-state index contributed by atoms with van der Waals surface area (Å²) in [6, 6.07) is 7.84. The van der Waals surface area contributed by atoms with Gasteiger partial charge >= 0.3 is 5.91 Å². The number of carbonyl (C=O) groups is 1. The molecule has 6 heteroatoms. The first-order valence-electron chi connectivity index (χ1n) is 8.38. The van der Waals surface area contributed by atoms with Gasteiger partial charge in [-0.15, -0.1) is 0 Å². The lowest BCUT2D eigenvalue weighted by atomic mass is 9.79. The van der Waals surface area contributed by atoms with Crippen molar-refractivity contribution in [1.29, 1.82) is 0 Å². The first kappa shape index (κ1) is 15.7. The van der Waals surface area contributed by atoms with Crippen molar-refractivity contribution in [2.45, 2.75) is 31.8 Å². The van der Waals surface area contributed by atoms with Crippen LogP contribution in [0.5, 0.6) is 0 Å². The van der Waals surface area contributed by atoms with E-state index in [1.807, 2.05) is 12.1 Å². The van der Waals surface area contributed by atoms with Gasteiger partial charge in [0.25, 0.3) is 5.89 Å². The molecule has 0 aliphatic carbocycles. The molecule has 5 nitrogen and oxygen atoms in total. The lowest BCUT2D eigenvalue weighted by molar-refractivity contribution is 0.0210. The van der Waals surface area contributed by atoms with E-state index in [2.05, 4.69) is 22.1 Å². The molecule has 0 radical (unpaired) electrons. The molecule has 24 heavy (non-hydrogen) atoms. The Morgan fingerprint density at radius 3 is 2.88 bits per heavy atom. The highest BCUT2D eigenvalue weighted by molar-refractivity contribution is 6.30. The molecule has 2 bridgehead atoms. The molecular weight excluding hydrogens is 326 g/mol. The average molecular weight is 346 g/mol. The zero-order chi connectivity index (χ0) is 16.7. The maximum atomic E-state index is 12.5. The second-order valence-corrected chi connectivity index (χ2v) is 7.09. The molecule has 2 atom stereocenters. The van der Waals surface area contributed by atoms with Crippen molar-refractivity contribution < 1.29 is 9.21 Å². The Hall–Kier alpha value is -1.85. The van der Waals surface area contributed by atoms with Crippen LogP contribution in [0.25, 0.3) is 11.3 Å². The van der Waals surface area contributed by atoms with E-state index in [1.54, 1.807) is 18.3 Å². The fourth-order valence-corrected chi connectivity index (χ4v) is 4.10. The summed E-state index contributed by atoms with van der Waals surface area (Å²) in [6.45, 7) is 4.45. The van der Waals surface area contributed by atoms with Gasteiger partial charge in [-0.3, -0.25) is 9.69 Å². The number of amides is 1. The monoisotopic (exact) mass is 345 g/mol. The minimum atomic E-state index is -0.242. The van der Waals surface area contributed by atoms with Crippen LogP contribution >= 0.6 is 11.6 Å². The Balaban J connectivity index is 1.49. The Morgan fingerprint density at radius 1 is 1.38 bits per heavy atom. The van der Waals surface area contributed by atoms with Gasteiger partial charge in [0.1, 0.15) is 0 Å². The first-order valence-corrected chi connectivity index (χ1v) is 8.76. The van der Waals surface area contributed by atoms with Crippen LogP contribution in [-0.2, 0) is 0 Å². The summed E-state index contributed by atoms with van der Waals surface area (Å²) in [6.07, 6.45) is 3.86. The highest BCUT2D eigenvalue weighted by atomic mass is 35.5. The third-order valence-corrected chi connectivity index (χ3v) is 5.52. The molecule has 3 saturated heterocycles. The van der Waals surface area contributed by atoms with Crippen LogP contribution in [0.2, 0.25) is 5.02 Å². The lowest BCUT2D eigenvalue weighted by Crippen LogP contribution is -2.62. The lowest BCUT2D eigenvalue weighted by Gasteiger charge is -2.49. The highest BCUT2D eigenvalue weighted by Gasteiger charge is 2.40. The maximum absolute atomic E-state index is 12.5. The number of hydrogen-bond acceptors (Lipinski definition) is 4. The molecule has 1 N–H and O–H groups in total. The Kier molecular flexibility index (Phi) is 4.06. The number of nitrogens with one attached hydrogen (secondary N) is 1. The van der Waals surface area contributed by atoms with Crippen LogP contribution in [0.3, 0.4) is 0 Å². The summed E-state index contributed by atoms with van der Waals surface area (Å²) in [7, 11) is 0. The van der Waals surface area contributed by atoms with Crippen LogP contribution in [-0.4, -0.2) is 41.0 Å². The number of carbonyl (C=O) groups excluding carboxylic acids is 1. The van der Waals surface area contributed by atoms with Crippen molar-refractivity contribution in [3.8, 4) is 11.3 Å². The van der Waals surface area contributed by atoms with Gasteiger partial charge in [0.2, 0.25) is 0 Å². The predicted octanol–water partition coefficient (Wildman–Crippen LogP) is 3.21. The van der Waals surface area contributed by atoms with E-state index >= 15 is 0 Å². The van der Waals surface area contributed by atoms with Crippen LogP contribution in [0.4, 0.5) is 0 Å². The number of halogens is 1. The Bertz CT molecular complexity index is 750. The summed E-state index contributed by atoms with van der Waals surface area (Å²) < 4.78 is 5.65. The number of nitrogens with zero attached hydrogens (tertiary/aromatic N) is 2. The molecule has 2 unspecified atom stereocenters. The van der Waals surface area contributed by atoms with Gasteiger partial charge in [-0.1, -0.05) is 23.7 Å². The SMILES string of the molecule is CC1C(NC(=O)c2ncc(-c3cccc(Cl)c3)o2)C2CCN1CC2. The number of piperidine rings is 3. The zero-order valence-electron chi connectivity index (χ0n) is 13.5. The highest BCUT2D eigenvalue weighted by Crippen LogP contribution is 2.32. The first-order chi connectivity index (χ1) is 11.6. The van der Waals surface area contributed by atoms with E-state index in [-0.39, 0.29) is 17.8 Å². The zero-order valence-corrected chi connectivity index (χ0v) is 14.3. The second kappa shape index (κ2) is 6.22. The summed E-state index contributed by atoms with van der Waals surface area (Å²) in [5.41, 5.74) is 0.810. The van der Waals surface area contributed by atoms with Crippen molar-refractivity contribution in [3.05, 3.63) is 41.4 Å². The third kappa shape index (κ3) is 2.82. The van der Waals surface area contributed by atoms with Crippen LogP contribution in [0.1, 0.15) is 30.5 Å². The van der Waals surface area contributed by atoms with Crippen molar-refractivity contribution in [1.82, 2.24) is 15.2 Å². The predicted molar refractivity (Wildman–Crippen MR) is 92.0 cm³/mol.